The Bertz CT molecular complexity index is 1750. The average molecular weight is 685 g/mol. The third-order valence-corrected chi connectivity index (χ3v) is 10.5. The molecule has 13 rings (SSSR count). The molecule has 8 aliphatic rings. The van der Waals surface area contributed by atoms with E-state index in [1.807, 2.05) is 0 Å². The molecule has 0 spiro atoms. The van der Waals surface area contributed by atoms with Gasteiger partial charge in [0, 0.05) is 117 Å². The first kappa shape index (κ1) is 35.5. The van der Waals surface area contributed by atoms with Gasteiger partial charge in [-0.05, 0) is 61.5 Å². The summed E-state index contributed by atoms with van der Waals surface area (Å²) in [4.78, 5) is 5.17. The van der Waals surface area contributed by atoms with Gasteiger partial charge in [-0.1, -0.05) is 84.9 Å². The molecule has 268 valence electrons. The van der Waals surface area contributed by atoms with Crippen LogP contribution in [0.15, 0.2) is 97.1 Å². The predicted molar refractivity (Wildman–Crippen MR) is 214 cm³/mol. The Balaban J connectivity index is 1.16. The highest BCUT2D eigenvalue weighted by molar-refractivity contribution is 6.05. The van der Waals surface area contributed by atoms with Gasteiger partial charge in [0.2, 0.25) is 0 Å². The van der Waals surface area contributed by atoms with Gasteiger partial charge in [0.25, 0.3) is 0 Å². The summed E-state index contributed by atoms with van der Waals surface area (Å²) in [6, 6.07) is 36.1. The molecule has 0 amide bonds. The highest BCUT2D eigenvalue weighted by Crippen LogP contribution is 2.33. The highest BCUT2D eigenvalue weighted by atomic mass is 15.2. The molecule has 0 saturated heterocycles. The molecule has 0 saturated carbocycles. The Morgan fingerprint density at radius 3 is 1.02 bits per heavy atom. The van der Waals surface area contributed by atoms with Crippen LogP contribution < -0.4 is 31.9 Å². The van der Waals surface area contributed by atoms with Gasteiger partial charge < -0.3 is 31.9 Å². The van der Waals surface area contributed by atoms with Gasteiger partial charge in [-0.15, -0.1) is 0 Å². The lowest BCUT2D eigenvalue weighted by atomic mass is 9.91. The van der Waals surface area contributed by atoms with Crippen LogP contribution in [0.2, 0.25) is 0 Å². The first-order valence-electron chi connectivity index (χ1n) is 19.1. The van der Waals surface area contributed by atoms with Crippen molar-refractivity contribution in [2.24, 2.45) is 0 Å². The molecule has 0 radical (unpaired) electrons. The number of nitrogens with one attached hydrogen (secondary N) is 6. The van der Waals surface area contributed by atoms with Crippen molar-refractivity contribution in [1.82, 2.24) is 36.4 Å². The molecule has 8 heterocycles. The van der Waals surface area contributed by atoms with E-state index in [9.17, 15) is 0 Å². The summed E-state index contributed by atoms with van der Waals surface area (Å²) in [6.07, 6.45) is 0. The lowest BCUT2D eigenvalue weighted by molar-refractivity contribution is 0.271. The van der Waals surface area contributed by atoms with E-state index < -0.39 is 0 Å². The second-order valence-corrected chi connectivity index (χ2v) is 14.1. The summed E-state index contributed by atoms with van der Waals surface area (Å²) in [5.74, 6) is 0. The quantitative estimate of drug-likeness (QED) is 0.129. The van der Waals surface area contributed by atoms with Crippen LogP contribution in [0.25, 0.3) is 21.5 Å². The van der Waals surface area contributed by atoms with Gasteiger partial charge in [0.1, 0.15) is 0 Å². The SMILES string of the molecule is c1ccc2c3c4ccccc4c(c2c1)CNCCN1CCNCc2ccc(cc2)CNCCN(CCNC3)CCNc2ccc(cc2)CNCC1. The van der Waals surface area contributed by atoms with Crippen LogP contribution in [0, 0.1) is 0 Å². The molecule has 0 aliphatic carbocycles. The molecule has 8 aliphatic heterocycles. The van der Waals surface area contributed by atoms with E-state index in [-0.39, 0.29) is 0 Å². The van der Waals surface area contributed by atoms with Crippen LogP contribution in [0.4, 0.5) is 5.69 Å². The monoisotopic (exact) mass is 684 g/mol. The molecular weight excluding hydrogens is 629 g/mol. The molecule has 8 bridgehead atoms. The zero-order chi connectivity index (χ0) is 34.5. The molecule has 2 unspecified atom stereocenters. The van der Waals surface area contributed by atoms with Crippen LogP contribution in [-0.4, -0.2) is 88.3 Å². The second kappa shape index (κ2) is 18.6. The first-order valence-corrected chi connectivity index (χ1v) is 19.1. The van der Waals surface area contributed by atoms with E-state index >= 15 is 0 Å². The minimum absolute atomic E-state index is 0.846. The van der Waals surface area contributed by atoms with Crippen molar-refractivity contribution in [2.45, 2.75) is 32.7 Å². The summed E-state index contributed by atoms with van der Waals surface area (Å²) in [5.41, 5.74) is 7.97. The molecule has 51 heavy (non-hydrogen) atoms. The van der Waals surface area contributed by atoms with Crippen molar-refractivity contribution in [3.63, 3.8) is 0 Å². The first-order chi connectivity index (χ1) is 25.3. The number of benzene rings is 5. The zero-order valence-electron chi connectivity index (χ0n) is 30.2. The van der Waals surface area contributed by atoms with Crippen LogP contribution in [0.5, 0.6) is 0 Å². The smallest absolute Gasteiger partial charge is 0.0340 e. The largest absolute Gasteiger partial charge is 0.384 e. The summed E-state index contributed by atoms with van der Waals surface area (Å²) in [6.45, 7) is 16.0. The molecule has 8 heteroatoms. The van der Waals surface area contributed by atoms with Gasteiger partial charge >= 0.3 is 0 Å². The third-order valence-electron chi connectivity index (χ3n) is 10.5. The Morgan fingerprint density at radius 1 is 0.333 bits per heavy atom. The van der Waals surface area contributed by atoms with Crippen molar-refractivity contribution in [3.8, 4) is 0 Å². The molecule has 5 aromatic carbocycles. The fourth-order valence-electron chi connectivity index (χ4n) is 7.55. The fourth-order valence-corrected chi connectivity index (χ4v) is 7.55. The normalized spacial score (nSPS) is 20.9. The van der Waals surface area contributed by atoms with E-state index in [0.29, 0.717) is 0 Å². The van der Waals surface area contributed by atoms with E-state index in [0.717, 1.165) is 111 Å². The summed E-state index contributed by atoms with van der Waals surface area (Å²) in [5, 5.41) is 28.0. The molecule has 5 aromatic rings. The van der Waals surface area contributed by atoms with Crippen LogP contribution in [0.1, 0.15) is 27.8 Å². The van der Waals surface area contributed by atoms with Crippen LogP contribution in [-0.2, 0) is 32.7 Å². The number of anilines is 1. The zero-order valence-corrected chi connectivity index (χ0v) is 30.2. The second-order valence-electron chi connectivity index (χ2n) is 14.1. The van der Waals surface area contributed by atoms with Crippen molar-refractivity contribution < 1.29 is 0 Å². The molecule has 0 fully saturated rings. The van der Waals surface area contributed by atoms with E-state index in [1.165, 1.54) is 55.0 Å². The average Bonchev–Trinajstić information content (AvgIpc) is 3.17. The van der Waals surface area contributed by atoms with Gasteiger partial charge in [0.15, 0.2) is 0 Å². The molecular formula is C43H56N8. The van der Waals surface area contributed by atoms with Crippen LogP contribution >= 0.6 is 0 Å². The number of hydrogen-bond donors (Lipinski definition) is 6. The fraction of sp³-hybridized carbons (Fsp3) is 0.395. The topological polar surface area (TPSA) is 78.7 Å². The number of rotatable bonds is 0. The van der Waals surface area contributed by atoms with Gasteiger partial charge in [-0.25, -0.2) is 0 Å². The predicted octanol–water partition coefficient (Wildman–Crippen LogP) is 4.88. The third kappa shape index (κ3) is 9.93. The maximum absolute atomic E-state index is 3.86. The summed E-state index contributed by atoms with van der Waals surface area (Å²) in [7, 11) is 0. The van der Waals surface area contributed by atoms with Crippen LogP contribution in [0.3, 0.4) is 0 Å². The minimum atomic E-state index is 0.846. The standard InChI is InChI=1S/C43H56N8/c1-3-7-40-38(5-1)42-32-47-20-26-50-23-17-44-29-34-9-11-35(12-10-34)30-45-19-25-51(27-21-48-33-43(40)41-8-4-2-6-39(41)42)28-22-49-37-15-13-36(14-16-37)31-46-18-24-50/h1-16,44-49H,17-33H2. The van der Waals surface area contributed by atoms with Gasteiger partial charge in [0.05, 0.1) is 0 Å². The van der Waals surface area contributed by atoms with Crippen molar-refractivity contribution >= 4 is 27.2 Å². The summed E-state index contributed by atoms with van der Waals surface area (Å²) < 4.78 is 0. The maximum Gasteiger partial charge on any atom is 0.0340 e. The minimum Gasteiger partial charge on any atom is -0.384 e. The van der Waals surface area contributed by atoms with E-state index in [2.05, 4.69) is 139 Å². The van der Waals surface area contributed by atoms with Crippen molar-refractivity contribution in [1.29, 1.82) is 0 Å². The van der Waals surface area contributed by atoms with Crippen molar-refractivity contribution in [2.75, 3.05) is 83.9 Å². The Morgan fingerprint density at radius 2 is 0.647 bits per heavy atom. The van der Waals surface area contributed by atoms with Gasteiger partial charge in [-0.3, -0.25) is 9.80 Å². The molecule has 0 aromatic heterocycles. The Hall–Kier alpha value is -3.86. The Kier molecular flexibility index (Phi) is 12.9. The lowest BCUT2D eigenvalue weighted by Gasteiger charge is -2.24. The van der Waals surface area contributed by atoms with E-state index in [1.54, 1.807) is 0 Å². The summed E-state index contributed by atoms with van der Waals surface area (Å²) >= 11 is 0. The molecule has 8 nitrogen and oxygen atoms in total. The van der Waals surface area contributed by atoms with E-state index in [4.69, 9.17) is 0 Å². The Labute approximate surface area is 304 Å². The van der Waals surface area contributed by atoms with Crippen molar-refractivity contribution in [3.05, 3.63) is 125 Å². The number of hydrogen-bond acceptors (Lipinski definition) is 8. The van der Waals surface area contributed by atoms with Gasteiger partial charge in [-0.2, -0.15) is 0 Å². The number of nitrogens with zero attached hydrogens (tertiary/aromatic N) is 2. The molecule has 2 atom stereocenters. The lowest BCUT2D eigenvalue weighted by Crippen LogP contribution is -2.40. The maximum atomic E-state index is 3.86. The highest BCUT2D eigenvalue weighted by Gasteiger charge is 2.14. The molecule has 6 N–H and O–H groups in total.